The van der Waals surface area contributed by atoms with Crippen LogP contribution in [0.5, 0.6) is 0 Å². The quantitative estimate of drug-likeness (QED) is 0.538. The molecule has 0 unspecified atom stereocenters. The lowest BCUT2D eigenvalue weighted by Gasteiger charge is -2.29. The van der Waals surface area contributed by atoms with E-state index in [-0.39, 0.29) is 12.7 Å². The number of carbonyl (C=O) groups is 2. The number of alkyl carbamates (subject to hydrolysis) is 1. The van der Waals surface area contributed by atoms with E-state index in [4.69, 9.17) is 15.2 Å². The van der Waals surface area contributed by atoms with E-state index in [1.54, 1.807) is 0 Å². The fraction of sp³-hybridized carbons (Fsp3) is 0.524. The maximum atomic E-state index is 12.6. The zero-order valence-electron chi connectivity index (χ0n) is 16.3. The van der Waals surface area contributed by atoms with E-state index < -0.39 is 29.6 Å². The molecule has 0 bridgehead atoms. The molecule has 1 fully saturated rings. The van der Waals surface area contributed by atoms with Crippen molar-refractivity contribution in [3.63, 3.8) is 0 Å². The van der Waals surface area contributed by atoms with Crippen molar-refractivity contribution in [2.45, 2.75) is 51.8 Å². The molecule has 0 spiro atoms. The Labute approximate surface area is 161 Å². The van der Waals surface area contributed by atoms with Gasteiger partial charge < -0.3 is 20.5 Å². The Hall–Kier alpha value is -2.34. The fourth-order valence-electron chi connectivity index (χ4n) is 2.80. The first-order valence-electron chi connectivity index (χ1n) is 9.27. The largest absolute Gasteiger partial charge is 0.462 e. The van der Waals surface area contributed by atoms with Crippen LogP contribution >= 0.6 is 0 Å². The smallest absolute Gasteiger partial charge is 0.408 e. The van der Waals surface area contributed by atoms with Gasteiger partial charge in [0.05, 0.1) is 6.04 Å². The lowest BCUT2D eigenvalue weighted by molar-refractivity contribution is -0.149. The molecule has 0 radical (unpaired) electrons. The lowest BCUT2D eigenvalue weighted by Crippen LogP contribution is -2.50. The summed E-state index contributed by atoms with van der Waals surface area (Å²) in [5, 5.41) is 2.65. The Balaban J connectivity index is 1.88. The van der Waals surface area contributed by atoms with Gasteiger partial charge in [-0.05, 0) is 23.8 Å². The number of amides is 1. The number of carbonyl (C=O) groups excluding carboxylic acids is 2. The molecule has 2 rings (SSSR count). The summed E-state index contributed by atoms with van der Waals surface area (Å²) in [5.74, 6) is -0.193. The van der Waals surface area contributed by atoms with E-state index in [1.165, 1.54) is 0 Å². The number of esters is 1. The summed E-state index contributed by atoms with van der Waals surface area (Å²) in [5.41, 5.74) is 6.43. The predicted molar refractivity (Wildman–Crippen MR) is 104 cm³/mol. The van der Waals surface area contributed by atoms with Crippen molar-refractivity contribution < 1.29 is 19.1 Å². The molecule has 1 saturated carbocycles. The molecule has 1 aliphatic rings. The molecule has 0 aliphatic heterocycles. The molecule has 0 saturated heterocycles. The first-order valence-corrected chi connectivity index (χ1v) is 9.27. The highest BCUT2D eigenvalue weighted by molar-refractivity contribution is 5.82. The molecule has 1 aromatic rings. The number of nitrogens with one attached hydrogen (secondary N) is 1. The van der Waals surface area contributed by atoms with Crippen LogP contribution < -0.4 is 11.1 Å². The average Bonchev–Trinajstić information content (AvgIpc) is 3.34. The minimum Gasteiger partial charge on any atom is -0.462 e. The summed E-state index contributed by atoms with van der Waals surface area (Å²) in [6.07, 6.45) is 2.76. The zero-order valence-corrected chi connectivity index (χ0v) is 16.3. The van der Waals surface area contributed by atoms with E-state index in [1.807, 2.05) is 57.2 Å². The third kappa shape index (κ3) is 6.40. The summed E-state index contributed by atoms with van der Waals surface area (Å²) in [6.45, 7) is 9.29. The van der Waals surface area contributed by atoms with Crippen molar-refractivity contribution in [2.75, 3.05) is 6.61 Å². The van der Waals surface area contributed by atoms with Crippen LogP contribution in [0.4, 0.5) is 4.79 Å². The van der Waals surface area contributed by atoms with Crippen LogP contribution in [0.15, 0.2) is 43.0 Å². The third-order valence-corrected chi connectivity index (χ3v) is 4.58. The van der Waals surface area contributed by atoms with Crippen molar-refractivity contribution in [1.82, 2.24) is 5.32 Å². The van der Waals surface area contributed by atoms with Crippen molar-refractivity contribution in [2.24, 2.45) is 17.1 Å². The molecule has 148 valence electrons. The summed E-state index contributed by atoms with van der Waals surface area (Å²) in [7, 11) is 0. The normalized spacial score (nSPS) is 20.9. The van der Waals surface area contributed by atoms with E-state index >= 15 is 0 Å². The molecule has 1 amide bonds. The maximum Gasteiger partial charge on any atom is 0.408 e. The summed E-state index contributed by atoms with van der Waals surface area (Å²) in [4.78, 5) is 24.7. The molecule has 0 heterocycles. The molecule has 6 heteroatoms. The van der Waals surface area contributed by atoms with Gasteiger partial charge in [-0.2, -0.15) is 0 Å². The Bertz CT molecular complexity index is 654. The highest BCUT2D eigenvalue weighted by Crippen LogP contribution is 2.37. The molecule has 1 aromatic carbocycles. The van der Waals surface area contributed by atoms with Gasteiger partial charge in [0.1, 0.15) is 18.8 Å². The van der Waals surface area contributed by atoms with Crippen LogP contribution in [0.3, 0.4) is 0 Å². The van der Waals surface area contributed by atoms with Crippen LogP contribution in [-0.4, -0.2) is 30.8 Å². The molecule has 3 N–H and O–H groups in total. The minimum absolute atomic E-state index is 0.0379. The second kappa shape index (κ2) is 9.04. The summed E-state index contributed by atoms with van der Waals surface area (Å²) >= 11 is 0. The minimum atomic E-state index is -0.829. The number of hydrogen-bond donors (Lipinski definition) is 2. The van der Waals surface area contributed by atoms with Gasteiger partial charge in [-0.1, -0.05) is 57.2 Å². The van der Waals surface area contributed by atoms with Gasteiger partial charge in [0, 0.05) is 5.92 Å². The van der Waals surface area contributed by atoms with E-state index in [0.29, 0.717) is 5.92 Å². The van der Waals surface area contributed by atoms with Crippen molar-refractivity contribution >= 4 is 12.1 Å². The molecular weight excluding hydrogens is 344 g/mol. The predicted octanol–water partition coefficient (Wildman–Crippen LogP) is 3.34. The molecule has 0 aromatic heterocycles. The summed E-state index contributed by atoms with van der Waals surface area (Å²) in [6, 6.07) is 8.16. The number of rotatable bonds is 8. The van der Waals surface area contributed by atoms with Crippen LogP contribution in [0.2, 0.25) is 0 Å². The first kappa shape index (κ1) is 21.0. The average molecular weight is 374 g/mol. The van der Waals surface area contributed by atoms with Crippen LogP contribution in [0.1, 0.15) is 45.2 Å². The monoisotopic (exact) mass is 374 g/mol. The van der Waals surface area contributed by atoms with Crippen molar-refractivity contribution in [3.05, 3.63) is 48.6 Å². The highest BCUT2D eigenvalue weighted by atomic mass is 16.6. The number of ether oxygens (including phenoxy) is 2. The van der Waals surface area contributed by atoms with E-state index in [2.05, 4.69) is 11.9 Å². The molecule has 1 aliphatic carbocycles. The lowest BCUT2D eigenvalue weighted by atomic mass is 9.87. The van der Waals surface area contributed by atoms with E-state index in [9.17, 15) is 9.59 Å². The Morgan fingerprint density at radius 1 is 1.33 bits per heavy atom. The number of nitrogens with two attached hydrogens (primary N) is 1. The highest BCUT2D eigenvalue weighted by Gasteiger charge is 2.41. The Kier molecular flexibility index (Phi) is 7.02. The topological polar surface area (TPSA) is 90.6 Å². The number of hydrogen-bond acceptors (Lipinski definition) is 5. The summed E-state index contributed by atoms with van der Waals surface area (Å²) < 4.78 is 10.7. The van der Waals surface area contributed by atoms with E-state index in [0.717, 1.165) is 18.4 Å². The Morgan fingerprint density at radius 3 is 2.59 bits per heavy atom. The first-order chi connectivity index (χ1) is 12.7. The second-order valence-electron chi connectivity index (χ2n) is 8.05. The Morgan fingerprint density at radius 2 is 2.00 bits per heavy atom. The van der Waals surface area contributed by atoms with Gasteiger partial charge in [0.15, 0.2) is 0 Å². The van der Waals surface area contributed by atoms with Crippen molar-refractivity contribution in [1.29, 1.82) is 0 Å². The molecule has 27 heavy (non-hydrogen) atoms. The van der Waals surface area contributed by atoms with Gasteiger partial charge >= 0.3 is 12.1 Å². The molecular formula is C21H30N2O4. The van der Waals surface area contributed by atoms with Gasteiger partial charge in [-0.3, -0.25) is 0 Å². The standard InChI is InChI=1S/C21H30N2O4/c1-5-9-15-12-17(15)27-20(25)23-18(21(2,3)4)19(24)26-13-16(22)14-10-7-6-8-11-14/h5-8,10-11,15-18H,1,9,12-13,22H2,2-4H3,(H,23,25)/t15-,16+,17-,18-/m1/s1. The van der Waals surface area contributed by atoms with Gasteiger partial charge in [0.2, 0.25) is 0 Å². The number of benzene rings is 1. The second-order valence-corrected chi connectivity index (χ2v) is 8.05. The number of allylic oxidation sites excluding steroid dienone is 1. The SMILES string of the molecule is C=CC[C@@H]1C[C@H]1OC(=O)N[C@H](C(=O)OC[C@H](N)c1ccccc1)C(C)(C)C. The van der Waals surface area contributed by atoms with Crippen LogP contribution in [-0.2, 0) is 14.3 Å². The van der Waals surface area contributed by atoms with Gasteiger partial charge in [-0.25, -0.2) is 9.59 Å². The molecule has 4 atom stereocenters. The van der Waals surface area contributed by atoms with Crippen LogP contribution in [0, 0.1) is 11.3 Å². The zero-order chi connectivity index (χ0) is 20.0. The van der Waals surface area contributed by atoms with Crippen molar-refractivity contribution in [3.8, 4) is 0 Å². The third-order valence-electron chi connectivity index (χ3n) is 4.58. The van der Waals surface area contributed by atoms with Gasteiger partial charge in [-0.15, -0.1) is 6.58 Å². The molecule has 6 nitrogen and oxygen atoms in total. The van der Waals surface area contributed by atoms with Crippen LogP contribution in [0.25, 0.3) is 0 Å². The van der Waals surface area contributed by atoms with Gasteiger partial charge in [0.25, 0.3) is 0 Å². The maximum absolute atomic E-state index is 12.6. The fourth-order valence-corrected chi connectivity index (χ4v) is 2.80.